The number of hydrogen-bond acceptors (Lipinski definition) is 2. The molecule has 0 saturated heterocycles. The Balaban J connectivity index is 2.08. The largest absolute Gasteiger partial charge is 0.337 e. The van der Waals surface area contributed by atoms with Crippen LogP contribution in [0.1, 0.15) is 17.0 Å². The van der Waals surface area contributed by atoms with Crippen molar-refractivity contribution in [2.24, 2.45) is 0 Å². The molecule has 1 aromatic heterocycles. The van der Waals surface area contributed by atoms with Crippen molar-refractivity contribution in [2.45, 2.75) is 6.92 Å². The van der Waals surface area contributed by atoms with Crippen molar-refractivity contribution in [3.8, 4) is 6.07 Å². The van der Waals surface area contributed by atoms with Crippen LogP contribution in [0.3, 0.4) is 0 Å². The Morgan fingerprint density at radius 2 is 2.00 bits per heavy atom. The average molecular weight is 259 g/mol. The van der Waals surface area contributed by atoms with Gasteiger partial charge in [0.2, 0.25) is 0 Å². The Morgan fingerprint density at radius 1 is 1.20 bits per heavy atom. The van der Waals surface area contributed by atoms with Crippen LogP contribution in [0.5, 0.6) is 0 Å². The lowest BCUT2D eigenvalue weighted by molar-refractivity contribution is 1.27. The summed E-state index contributed by atoms with van der Waals surface area (Å²) in [5.41, 5.74) is 4.51. The van der Waals surface area contributed by atoms with E-state index in [2.05, 4.69) is 16.0 Å². The lowest BCUT2D eigenvalue weighted by atomic mass is 10.1. The number of aromatic nitrogens is 2. The van der Waals surface area contributed by atoms with Gasteiger partial charge in [-0.2, -0.15) is 5.26 Å². The van der Waals surface area contributed by atoms with E-state index in [1.165, 1.54) is 5.56 Å². The molecular weight excluding hydrogens is 246 g/mol. The van der Waals surface area contributed by atoms with E-state index in [1.54, 1.807) is 0 Å². The number of rotatable bonds is 2. The van der Waals surface area contributed by atoms with Crippen molar-refractivity contribution in [2.75, 3.05) is 0 Å². The maximum absolute atomic E-state index is 9.34. The molecule has 2 aromatic carbocycles. The molecule has 20 heavy (non-hydrogen) atoms. The summed E-state index contributed by atoms with van der Waals surface area (Å²) in [5.74, 6) is 0.608. The van der Waals surface area contributed by atoms with Gasteiger partial charge in [-0.05, 0) is 36.3 Å². The zero-order chi connectivity index (χ0) is 13.9. The minimum Gasteiger partial charge on any atom is -0.337 e. The van der Waals surface area contributed by atoms with Crippen LogP contribution < -0.4 is 0 Å². The van der Waals surface area contributed by atoms with Gasteiger partial charge in [0.25, 0.3) is 0 Å². The molecular formula is C17H13N3. The number of H-pyrrole nitrogens is 1. The predicted octanol–water partition coefficient (Wildman–Crippen LogP) is 3.94. The Kier molecular flexibility index (Phi) is 3.06. The standard InChI is InChI=1S/C17H13N3/c1-12-7-8-15-16(9-12)20-17(19-15)14(11-18)10-13-5-3-2-4-6-13/h2-10H,1H3,(H,19,20). The zero-order valence-electron chi connectivity index (χ0n) is 11.1. The highest BCUT2D eigenvalue weighted by atomic mass is 14.9. The Labute approximate surface area is 117 Å². The van der Waals surface area contributed by atoms with Crippen molar-refractivity contribution < 1.29 is 0 Å². The van der Waals surface area contributed by atoms with E-state index in [4.69, 9.17) is 0 Å². The minimum atomic E-state index is 0.532. The lowest BCUT2D eigenvalue weighted by Gasteiger charge is -1.94. The maximum atomic E-state index is 9.34. The molecule has 1 N–H and O–H groups in total. The van der Waals surface area contributed by atoms with Crippen molar-refractivity contribution in [3.05, 3.63) is 65.5 Å². The first kappa shape index (κ1) is 12.2. The number of fused-ring (bicyclic) bond motifs is 1. The van der Waals surface area contributed by atoms with E-state index in [-0.39, 0.29) is 0 Å². The second kappa shape index (κ2) is 5.02. The third-order valence-corrected chi connectivity index (χ3v) is 3.12. The third kappa shape index (κ3) is 2.32. The normalized spacial score (nSPS) is 11.5. The third-order valence-electron chi connectivity index (χ3n) is 3.12. The van der Waals surface area contributed by atoms with Gasteiger partial charge in [-0.15, -0.1) is 0 Å². The number of imidazole rings is 1. The second-order valence-electron chi connectivity index (χ2n) is 4.69. The molecule has 3 nitrogen and oxygen atoms in total. The fraction of sp³-hybridized carbons (Fsp3) is 0.0588. The maximum Gasteiger partial charge on any atom is 0.149 e. The minimum absolute atomic E-state index is 0.532. The molecule has 1 heterocycles. The first-order valence-corrected chi connectivity index (χ1v) is 6.40. The first-order valence-electron chi connectivity index (χ1n) is 6.40. The monoisotopic (exact) mass is 259 g/mol. The van der Waals surface area contributed by atoms with E-state index in [1.807, 2.05) is 61.5 Å². The molecule has 0 fully saturated rings. The summed E-state index contributed by atoms with van der Waals surface area (Å²) in [6.45, 7) is 2.03. The van der Waals surface area contributed by atoms with Gasteiger partial charge in [-0.3, -0.25) is 0 Å². The van der Waals surface area contributed by atoms with Crippen molar-refractivity contribution in [1.29, 1.82) is 5.26 Å². The highest BCUT2D eigenvalue weighted by Gasteiger charge is 2.07. The Hall–Kier alpha value is -2.86. The van der Waals surface area contributed by atoms with Crippen LogP contribution in [-0.2, 0) is 0 Å². The van der Waals surface area contributed by atoms with Crippen LogP contribution in [0.2, 0.25) is 0 Å². The molecule has 0 unspecified atom stereocenters. The van der Waals surface area contributed by atoms with Gasteiger partial charge in [0, 0.05) is 0 Å². The average Bonchev–Trinajstić information content (AvgIpc) is 2.88. The number of nitriles is 1. The predicted molar refractivity (Wildman–Crippen MR) is 80.8 cm³/mol. The molecule has 0 saturated carbocycles. The van der Waals surface area contributed by atoms with Crippen molar-refractivity contribution >= 4 is 22.7 Å². The van der Waals surface area contributed by atoms with Gasteiger partial charge >= 0.3 is 0 Å². The SMILES string of the molecule is Cc1ccc2nc(C(C#N)=Cc3ccccc3)[nH]c2c1. The molecule has 0 aliphatic heterocycles. The van der Waals surface area contributed by atoms with Gasteiger partial charge in [-0.25, -0.2) is 4.98 Å². The summed E-state index contributed by atoms with van der Waals surface area (Å²) in [5, 5.41) is 9.34. The van der Waals surface area contributed by atoms with E-state index < -0.39 is 0 Å². The number of aromatic amines is 1. The van der Waals surface area contributed by atoms with E-state index in [0.717, 1.165) is 16.6 Å². The summed E-state index contributed by atoms with van der Waals surface area (Å²) in [4.78, 5) is 7.68. The molecule has 0 aliphatic rings. The van der Waals surface area contributed by atoms with E-state index in [0.29, 0.717) is 11.4 Å². The fourth-order valence-corrected chi connectivity index (χ4v) is 2.12. The fourth-order valence-electron chi connectivity index (χ4n) is 2.12. The highest BCUT2D eigenvalue weighted by Crippen LogP contribution is 2.19. The summed E-state index contributed by atoms with van der Waals surface area (Å²) < 4.78 is 0. The van der Waals surface area contributed by atoms with Crippen LogP contribution in [-0.4, -0.2) is 9.97 Å². The molecule has 0 aliphatic carbocycles. The van der Waals surface area contributed by atoms with Gasteiger partial charge in [-0.1, -0.05) is 36.4 Å². The topological polar surface area (TPSA) is 52.5 Å². The van der Waals surface area contributed by atoms with Crippen LogP contribution in [0, 0.1) is 18.3 Å². The molecule has 3 aromatic rings. The molecule has 96 valence electrons. The molecule has 3 heteroatoms. The number of nitrogens with one attached hydrogen (secondary N) is 1. The molecule has 3 rings (SSSR count). The van der Waals surface area contributed by atoms with Gasteiger partial charge in [0.1, 0.15) is 11.9 Å². The molecule has 0 amide bonds. The molecule has 0 spiro atoms. The lowest BCUT2D eigenvalue weighted by Crippen LogP contribution is -1.84. The van der Waals surface area contributed by atoms with Crippen LogP contribution in [0.4, 0.5) is 0 Å². The smallest absolute Gasteiger partial charge is 0.149 e. The number of benzene rings is 2. The van der Waals surface area contributed by atoms with Crippen molar-refractivity contribution in [3.63, 3.8) is 0 Å². The van der Waals surface area contributed by atoms with Crippen molar-refractivity contribution in [1.82, 2.24) is 9.97 Å². The van der Waals surface area contributed by atoms with Crippen LogP contribution in [0.25, 0.3) is 22.7 Å². The summed E-state index contributed by atoms with van der Waals surface area (Å²) >= 11 is 0. The zero-order valence-corrected chi connectivity index (χ0v) is 11.1. The highest BCUT2D eigenvalue weighted by molar-refractivity contribution is 5.90. The van der Waals surface area contributed by atoms with E-state index in [9.17, 15) is 5.26 Å². The molecule has 0 atom stereocenters. The number of allylic oxidation sites excluding steroid dienone is 1. The van der Waals surface area contributed by atoms with Crippen LogP contribution in [0.15, 0.2) is 48.5 Å². The number of nitrogens with zero attached hydrogens (tertiary/aromatic N) is 2. The van der Waals surface area contributed by atoms with Crippen LogP contribution >= 0.6 is 0 Å². The first-order chi connectivity index (χ1) is 9.76. The van der Waals surface area contributed by atoms with Gasteiger partial charge in [0.05, 0.1) is 16.6 Å². The molecule has 0 radical (unpaired) electrons. The number of aryl methyl sites for hydroxylation is 1. The van der Waals surface area contributed by atoms with E-state index >= 15 is 0 Å². The molecule has 0 bridgehead atoms. The summed E-state index contributed by atoms with van der Waals surface area (Å²) in [6.07, 6.45) is 1.84. The van der Waals surface area contributed by atoms with Gasteiger partial charge < -0.3 is 4.98 Å². The Bertz CT molecular complexity index is 820. The quantitative estimate of drug-likeness (QED) is 0.709. The second-order valence-corrected chi connectivity index (χ2v) is 4.69. The number of hydrogen-bond donors (Lipinski definition) is 1. The Morgan fingerprint density at radius 3 is 2.75 bits per heavy atom. The van der Waals surface area contributed by atoms with Gasteiger partial charge in [0.15, 0.2) is 0 Å². The summed E-state index contributed by atoms with van der Waals surface area (Å²) in [6, 6.07) is 18.0. The summed E-state index contributed by atoms with van der Waals surface area (Å²) in [7, 11) is 0.